The van der Waals surface area contributed by atoms with Gasteiger partial charge in [-0.25, -0.2) is 8.42 Å². The van der Waals surface area contributed by atoms with Crippen molar-refractivity contribution >= 4 is 26.2 Å². The van der Waals surface area contributed by atoms with Crippen LogP contribution in [0.1, 0.15) is 0 Å². The van der Waals surface area contributed by atoms with E-state index in [0.717, 1.165) is 42.7 Å². The Hall–Kier alpha value is -1.52. The lowest BCUT2D eigenvalue weighted by atomic mass is 10.4. The van der Waals surface area contributed by atoms with Gasteiger partial charge in [-0.15, -0.1) is 3.89 Å². The number of nitrogens with zero attached hydrogens (tertiary/aromatic N) is 1. The quantitative estimate of drug-likeness (QED) is 0.564. The van der Waals surface area contributed by atoms with Crippen LogP contribution in [0.15, 0.2) is 34.1 Å². The Labute approximate surface area is 116 Å². The lowest BCUT2D eigenvalue weighted by Crippen LogP contribution is -2.32. The molecule has 0 bridgehead atoms. The second kappa shape index (κ2) is 5.85. The van der Waals surface area contributed by atoms with E-state index in [9.17, 15) is 25.5 Å². The van der Waals surface area contributed by atoms with Crippen molar-refractivity contribution in [2.45, 2.75) is 9.79 Å². The van der Waals surface area contributed by atoms with E-state index in [2.05, 4.69) is 4.74 Å². The molecule has 10 heteroatoms. The number of sulfonamides is 1. The zero-order chi connectivity index (χ0) is 15.6. The molecular weight excluding hydrogens is 313 g/mol. The lowest BCUT2D eigenvalue weighted by Gasteiger charge is -2.15. The molecule has 0 aliphatic heterocycles. The number of carbonyl (C=O) groups is 1. The van der Waals surface area contributed by atoms with Gasteiger partial charge in [-0.3, -0.25) is 4.79 Å². The van der Waals surface area contributed by atoms with Gasteiger partial charge in [-0.2, -0.15) is 12.7 Å². The minimum atomic E-state index is -4.89. The Balaban J connectivity index is 3.08. The first kappa shape index (κ1) is 16.5. The predicted octanol–water partition coefficient (Wildman–Crippen LogP) is 0.138. The molecule has 0 saturated heterocycles. The van der Waals surface area contributed by atoms with Gasteiger partial charge in [0.25, 0.3) is 0 Å². The highest BCUT2D eigenvalue weighted by Crippen LogP contribution is 2.18. The molecule has 1 aromatic carbocycles. The van der Waals surface area contributed by atoms with Crippen LogP contribution < -0.4 is 0 Å². The molecule has 0 aliphatic carbocycles. The zero-order valence-corrected chi connectivity index (χ0v) is 12.2. The maximum Gasteiger partial charge on any atom is 0.332 e. The van der Waals surface area contributed by atoms with Crippen LogP contribution in [0.5, 0.6) is 0 Å². The molecule has 20 heavy (non-hydrogen) atoms. The van der Waals surface area contributed by atoms with Gasteiger partial charge in [0.2, 0.25) is 10.0 Å². The van der Waals surface area contributed by atoms with E-state index in [1.165, 1.54) is 0 Å². The van der Waals surface area contributed by atoms with Crippen molar-refractivity contribution in [3.05, 3.63) is 24.3 Å². The lowest BCUT2D eigenvalue weighted by molar-refractivity contribution is -0.140. The third-order valence-corrected chi connectivity index (χ3v) is 5.05. The van der Waals surface area contributed by atoms with Crippen LogP contribution in [-0.2, 0) is 29.8 Å². The van der Waals surface area contributed by atoms with E-state index in [1.54, 1.807) is 0 Å². The fourth-order valence-corrected chi connectivity index (χ4v) is 2.86. The maximum absolute atomic E-state index is 12.7. The van der Waals surface area contributed by atoms with Crippen LogP contribution in [0.2, 0.25) is 0 Å². The topological polar surface area (TPSA) is 97.8 Å². The molecule has 0 heterocycles. The van der Waals surface area contributed by atoms with Crippen molar-refractivity contribution in [1.82, 2.24) is 4.31 Å². The van der Waals surface area contributed by atoms with E-state index in [4.69, 9.17) is 0 Å². The summed E-state index contributed by atoms with van der Waals surface area (Å²) in [7, 11) is -6.61. The average Bonchev–Trinajstić information content (AvgIpc) is 2.37. The van der Waals surface area contributed by atoms with Gasteiger partial charge in [0, 0.05) is 7.05 Å². The number of benzene rings is 1. The summed E-state index contributed by atoms with van der Waals surface area (Å²) >= 11 is 0. The highest BCUT2D eigenvalue weighted by atomic mass is 32.3. The molecule has 0 amide bonds. The Bertz CT molecular complexity index is 696. The van der Waals surface area contributed by atoms with Gasteiger partial charge >= 0.3 is 16.2 Å². The summed E-state index contributed by atoms with van der Waals surface area (Å²) in [5.41, 5.74) is 0. The summed E-state index contributed by atoms with van der Waals surface area (Å²) in [4.78, 5) is 10.1. The average molecular weight is 325 g/mol. The van der Waals surface area contributed by atoms with E-state index >= 15 is 0 Å². The van der Waals surface area contributed by atoms with Crippen LogP contribution in [-0.4, -0.2) is 47.8 Å². The van der Waals surface area contributed by atoms with Crippen LogP contribution in [0.4, 0.5) is 3.89 Å². The summed E-state index contributed by atoms with van der Waals surface area (Å²) in [5, 5.41) is 0. The highest BCUT2D eigenvalue weighted by Gasteiger charge is 2.24. The molecular formula is C10H12FNO6S2. The number of hydrogen-bond acceptors (Lipinski definition) is 6. The molecule has 0 aliphatic rings. The minimum Gasteiger partial charge on any atom is -0.468 e. The van der Waals surface area contributed by atoms with E-state index < -0.39 is 37.7 Å². The molecule has 7 nitrogen and oxygen atoms in total. The summed E-state index contributed by atoms with van der Waals surface area (Å²) in [5.74, 6) is -0.751. The van der Waals surface area contributed by atoms with E-state index in [0.29, 0.717) is 0 Å². The predicted molar refractivity (Wildman–Crippen MR) is 66.6 cm³/mol. The number of rotatable bonds is 5. The smallest absolute Gasteiger partial charge is 0.332 e. The van der Waals surface area contributed by atoms with Crippen molar-refractivity contribution < 1.29 is 30.3 Å². The summed E-state index contributed by atoms with van der Waals surface area (Å²) in [6.45, 7) is -0.498. The van der Waals surface area contributed by atoms with Crippen LogP contribution >= 0.6 is 0 Å². The fraction of sp³-hybridized carbons (Fsp3) is 0.300. The van der Waals surface area contributed by atoms with E-state index in [1.807, 2.05) is 0 Å². The van der Waals surface area contributed by atoms with Gasteiger partial charge in [0.1, 0.15) is 6.54 Å². The van der Waals surface area contributed by atoms with Crippen molar-refractivity contribution in [1.29, 1.82) is 0 Å². The first-order valence-electron chi connectivity index (χ1n) is 5.17. The molecule has 0 aromatic heterocycles. The number of carbonyl (C=O) groups excluding carboxylic acids is 1. The normalized spacial score (nSPS) is 12.4. The molecule has 0 spiro atoms. The molecule has 0 unspecified atom stereocenters. The minimum absolute atomic E-state index is 0.267. The van der Waals surface area contributed by atoms with Gasteiger partial charge < -0.3 is 4.74 Å². The third-order valence-electron chi connectivity index (χ3n) is 2.39. The Morgan fingerprint density at radius 3 is 2.00 bits per heavy atom. The van der Waals surface area contributed by atoms with Gasteiger partial charge in [-0.1, -0.05) is 0 Å². The van der Waals surface area contributed by atoms with Crippen molar-refractivity contribution in [3.63, 3.8) is 0 Å². The fourth-order valence-electron chi connectivity index (χ4n) is 1.29. The zero-order valence-electron chi connectivity index (χ0n) is 10.6. The number of likely N-dealkylation sites (N-methyl/N-ethyl adjacent to an activating group) is 1. The van der Waals surface area contributed by atoms with Gasteiger partial charge in [0.15, 0.2) is 0 Å². The van der Waals surface area contributed by atoms with Crippen LogP contribution in [0.25, 0.3) is 0 Å². The standard InChI is InChI=1S/C10H12FNO6S2/c1-12(7-10(13)18-2)20(16,17)9-5-3-8(4-6-9)19(11,14)15/h3-6H,7H2,1-2H3. The molecule has 1 aromatic rings. The van der Waals surface area contributed by atoms with Gasteiger partial charge in [0.05, 0.1) is 16.9 Å². The molecule has 1 rings (SSSR count). The molecule has 0 saturated carbocycles. The Kier molecular flexibility index (Phi) is 4.84. The number of halogens is 1. The van der Waals surface area contributed by atoms with Crippen molar-refractivity contribution in [2.75, 3.05) is 20.7 Å². The third kappa shape index (κ3) is 3.74. The SMILES string of the molecule is COC(=O)CN(C)S(=O)(=O)c1ccc(S(=O)(=O)F)cc1. The molecule has 112 valence electrons. The summed E-state index contributed by atoms with van der Waals surface area (Å²) in [6.07, 6.45) is 0. The first-order valence-corrected chi connectivity index (χ1v) is 7.99. The number of ether oxygens (including phenoxy) is 1. The molecule has 0 fully saturated rings. The number of esters is 1. The second-order valence-corrected chi connectivity index (χ2v) is 7.14. The van der Waals surface area contributed by atoms with Crippen molar-refractivity contribution in [2.24, 2.45) is 0 Å². The number of methoxy groups -OCH3 is 1. The van der Waals surface area contributed by atoms with E-state index in [-0.39, 0.29) is 4.90 Å². The molecule has 0 radical (unpaired) electrons. The van der Waals surface area contributed by atoms with Crippen LogP contribution in [0, 0.1) is 0 Å². The summed E-state index contributed by atoms with van der Waals surface area (Å²) < 4.78 is 63.0. The first-order chi connectivity index (χ1) is 9.09. The second-order valence-electron chi connectivity index (χ2n) is 3.75. The Morgan fingerprint density at radius 1 is 1.15 bits per heavy atom. The highest BCUT2D eigenvalue weighted by molar-refractivity contribution is 7.89. The maximum atomic E-state index is 12.7. The monoisotopic (exact) mass is 325 g/mol. The van der Waals surface area contributed by atoms with Crippen LogP contribution in [0.3, 0.4) is 0 Å². The van der Waals surface area contributed by atoms with Crippen molar-refractivity contribution in [3.8, 4) is 0 Å². The molecule has 0 atom stereocenters. The molecule has 0 N–H and O–H groups in total. The number of hydrogen-bond donors (Lipinski definition) is 0. The summed E-state index contributed by atoms with van der Waals surface area (Å²) in [6, 6.07) is 3.54. The Morgan fingerprint density at radius 2 is 1.60 bits per heavy atom. The largest absolute Gasteiger partial charge is 0.468 e. The van der Waals surface area contributed by atoms with Gasteiger partial charge in [-0.05, 0) is 24.3 Å².